The quantitative estimate of drug-likeness (QED) is 0.232. The van der Waals surface area contributed by atoms with E-state index in [2.05, 4.69) is 5.32 Å². The number of carbonyl (C=O) groups is 2. The molecule has 0 aromatic heterocycles. The molecule has 0 saturated carbocycles. The molecule has 0 saturated heterocycles. The fraction of sp³-hybridized carbons (Fsp3) is 0.143. The van der Waals surface area contributed by atoms with Crippen LogP contribution in [0.5, 0.6) is 17.2 Å². The Labute approximate surface area is 241 Å². The maximum absolute atomic E-state index is 12.8. The number of ether oxygens (including phenoxy) is 2. The second kappa shape index (κ2) is 12.0. The number of amides is 1. The summed E-state index contributed by atoms with van der Waals surface area (Å²) < 4.78 is 49.9. The second-order valence-electron chi connectivity index (χ2n) is 8.87. The smallest absolute Gasteiger partial charge is 0.416 e. The van der Waals surface area contributed by atoms with E-state index < -0.39 is 29.5 Å². The van der Waals surface area contributed by atoms with E-state index in [-0.39, 0.29) is 45.0 Å². The fourth-order valence-corrected chi connectivity index (χ4v) is 4.47. The molecule has 4 rings (SSSR count). The van der Waals surface area contributed by atoms with Crippen LogP contribution in [0.15, 0.2) is 72.6 Å². The van der Waals surface area contributed by atoms with Gasteiger partial charge < -0.3 is 31.4 Å². The van der Waals surface area contributed by atoms with Gasteiger partial charge in [-0.05, 0) is 61.0 Å². The van der Waals surface area contributed by atoms with E-state index in [9.17, 15) is 27.9 Å². The van der Waals surface area contributed by atoms with Gasteiger partial charge in [-0.2, -0.15) is 13.2 Å². The number of allylic oxidation sites excluding steroid dienone is 2. The van der Waals surface area contributed by atoms with Gasteiger partial charge in [0.05, 0.1) is 28.1 Å². The Balaban J connectivity index is 1.41. The Hall–Kier alpha value is -4.35. The van der Waals surface area contributed by atoms with Gasteiger partial charge in [0.25, 0.3) is 5.91 Å². The van der Waals surface area contributed by atoms with Crippen molar-refractivity contribution < 1.29 is 37.3 Å². The summed E-state index contributed by atoms with van der Waals surface area (Å²) >= 11 is 12.3. The summed E-state index contributed by atoms with van der Waals surface area (Å²) in [6.45, 7) is 0.248. The van der Waals surface area contributed by atoms with Crippen LogP contribution in [0.25, 0.3) is 5.70 Å². The minimum absolute atomic E-state index is 0.0344. The zero-order valence-electron chi connectivity index (χ0n) is 21.0. The number of hydrogen-bond donors (Lipinski definition) is 4. The predicted octanol–water partition coefficient (Wildman–Crippen LogP) is 6.28. The van der Waals surface area contributed by atoms with E-state index in [0.29, 0.717) is 23.5 Å². The molecule has 1 aliphatic rings. The van der Waals surface area contributed by atoms with Gasteiger partial charge >= 0.3 is 12.1 Å². The molecule has 1 atom stereocenters. The largest absolute Gasteiger partial charge is 0.493 e. The van der Waals surface area contributed by atoms with Crippen molar-refractivity contribution in [3.63, 3.8) is 0 Å². The third kappa shape index (κ3) is 7.05. The third-order valence-corrected chi connectivity index (χ3v) is 6.66. The monoisotopic (exact) mass is 607 g/mol. The highest BCUT2D eigenvalue weighted by Gasteiger charge is 2.31. The van der Waals surface area contributed by atoms with Gasteiger partial charge in [-0.3, -0.25) is 9.59 Å². The molecule has 1 unspecified atom stereocenters. The molecule has 13 heteroatoms. The van der Waals surface area contributed by atoms with Crippen LogP contribution >= 0.6 is 23.2 Å². The lowest BCUT2D eigenvalue weighted by Gasteiger charge is -2.24. The molecule has 3 aromatic carbocycles. The van der Waals surface area contributed by atoms with Crippen molar-refractivity contribution in [2.24, 2.45) is 11.5 Å². The molecular weight excluding hydrogens is 586 g/mol. The number of aliphatic carboxylic acids is 1. The Kier molecular flexibility index (Phi) is 8.69. The Bertz CT molecular complexity index is 1560. The Morgan fingerprint density at radius 3 is 2.37 bits per heavy atom. The van der Waals surface area contributed by atoms with Crippen LogP contribution in [0.2, 0.25) is 10.0 Å². The molecule has 1 heterocycles. The number of hydrogen-bond acceptors (Lipinski definition) is 6. The van der Waals surface area contributed by atoms with Crippen molar-refractivity contribution in [2.45, 2.75) is 18.5 Å². The van der Waals surface area contributed by atoms with Gasteiger partial charge in [-0.15, -0.1) is 0 Å². The third-order valence-electron chi connectivity index (χ3n) is 6.05. The topological polar surface area (TPSA) is 137 Å². The Morgan fingerprint density at radius 2 is 1.73 bits per heavy atom. The Morgan fingerprint density at radius 1 is 1.02 bits per heavy atom. The molecule has 0 radical (unpaired) electrons. The minimum atomic E-state index is -4.55. The van der Waals surface area contributed by atoms with Crippen LogP contribution < -0.4 is 26.3 Å². The molecule has 3 aromatic rings. The zero-order chi connectivity index (χ0) is 29.9. The minimum Gasteiger partial charge on any atom is -0.493 e. The molecule has 0 spiro atoms. The molecule has 1 aliphatic heterocycles. The van der Waals surface area contributed by atoms with Crippen molar-refractivity contribution >= 4 is 40.8 Å². The van der Waals surface area contributed by atoms with Crippen molar-refractivity contribution in [2.75, 3.05) is 6.61 Å². The predicted molar refractivity (Wildman–Crippen MR) is 147 cm³/mol. The highest BCUT2D eigenvalue weighted by Crippen LogP contribution is 2.42. The molecule has 1 amide bonds. The average Bonchev–Trinajstić information content (AvgIpc) is 2.91. The number of carbonyl (C=O) groups excluding carboxylic acids is 1. The molecule has 8 nitrogen and oxygen atoms in total. The van der Waals surface area contributed by atoms with Crippen LogP contribution in [-0.2, 0) is 11.0 Å². The maximum atomic E-state index is 12.8. The molecule has 6 N–H and O–H groups in total. The van der Waals surface area contributed by atoms with Crippen molar-refractivity contribution in [3.05, 3.63) is 105 Å². The lowest BCUT2D eigenvalue weighted by Crippen LogP contribution is -2.27. The van der Waals surface area contributed by atoms with Crippen LogP contribution in [0.1, 0.15) is 39.4 Å². The number of fused-ring (bicyclic) bond motifs is 1. The van der Waals surface area contributed by atoms with E-state index in [1.54, 1.807) is 0 Å². The van der Waals surface area contributed by atoms with Crippen LogP contribution in [0, 0.1) is 0 Å². The lowest BCUT2D eigenvalue weighted by molar-refractivity contribution is -0.139. The first kappa shape index (κ1) is 29.6. The zero-order valence-corrected chi connectivity index (χ0v) is 22.5. The number of rotatable bonds is 7. The van der Waals surface area contributed by atoms with E-state index in [4.69, 9.17) is 44.1 Å². The number of alkyl halides is 3. The molecule has 0 bridgehead atoms. The number of carboxylic acid groups (broad SMARTS) is 1. The van der Waals surface area contributed by atoms with Gasteiger partial charge in [0.15, 0.2) is 0 Å². The van der Waals surface area contributed by atoms with Gasteiger partial charge in [0.2, 0.25) is 0 Å². The standard InChI is InChI=1S/C28H22Cl2F3N3O5/c29-20-11-15(28(31,32)33)3-6-18(20)22(34)7-8-25(35)36-26(37)14-1-4-16(5-2-14)41-24-13-23-19(12-21(24)30)17(27(38)39)9-10-40-23/h1-8,11-13,17H,9-10,34-35H2,(H,36,37)(H,38,39)/b22-7-,25-8+. The van der Waals surface area contributed by atoms with Gasteiger partial charge in [0, 0.05) is 28.5 Å². The molecule has 41 heavy (non-hydrogen) atoms. The van der Waals surface area contributed by atoms with Gasteiger partial charge in [-0.25, -0.2) is 0 Å². The van der Waals surface area contributed by atoms with E-state index in [1.807, 2.05) is 0 Å². The molecule has 214 valence electrons. The first-order valence-electron chi connectivity index (χ1n) is 11.9. The van der Waals surface area contributed by atoms with Crippen LogP contribution in [-0.4, -0.2) is 23.6 Å². The molecule has 0 fully saturated rings. The molecular formula is C28H22Cl2F3N3O5. The summed E-state index contributed by atoms with van der Waals surface area (Å²) in [5.41, 5.74) is 11.8. The summed E-state index contributed by atoms with van der Waals surface area (Å²) in [5.74, 6) is -1.35. The normalized spacial score (nSPS) is 15.5. The highest BCUT2D eigenvalue weighted by molar-refractivity contribution is 6.32. The number of benzene rings is 3. The molecule has 0 aliphatic carbocycles. The van der Waals surface area contributed by atoms with Crippen LogP contribution in [0.4, 0.5) is 13.2 Å². The van der Waals surface area contributed by atoms with Crippen molar-refractivity contribution in [1.29, 1.82) is 0 Å². The SMILES string of the molecule is N/C(=C\C=C(/N)NC(=O)c1ccc(Oc2cc3c(cc2Cl)C(C(=O)O)CCO3)cc1)c1ccc(C(F)(F)F)cc1Cl. The summed E-state index contributed by atoms with van der Waals surface area (Å²) in [5, 5.41) is 11.9. The average molecular weight is 608 g/mol. The lowest BCUT2D eigenvalue weighted by atomic mass is 9.93. The number of halogens is 5. The van der Waals surface area contributed by atoms with E-state index in [0.717, 1.165) is 18.2 Å². The maximum Gasteiger partial charge on any atom is 0.416 e. The van der Waals surface area contributed by atoms with Gasteiger partial charge in [0.1, 0.15) is 23.1 Å². The van der Waals surface area contributed by atoms with Crippen molar-refractivity contribution in [1.82, 2.24) is 5.32 Å². The van der Waals surface area contributed by atoms with Crippen molar-refractivity contribution in [3.8, 4) is 17.2 Å². The summed E-state index contributed by atoms with van der Waals surface area (Å²) in [4.78, 5) is 24.1. The van der Waals surface area contributed by atoms with Crippen LogP contribution in [0.3, 0.4) is 0 Å². The summed E-state index contributed by atoms with van der Waals surface area (Å²) in [6.07, 6.45) is -1.64. The number of nitrogens with one attached hydrogen (secondary N) is 1. The van der Waals surface area contributed by atoms with E-state index in [1.165, 1.54) is 48.6 Å². The fourth-order valence-electron chi connectivity index (χ4n) is 3.97. The number of nitrogens with two attached hydrogens (primary N) is 2. The highest BCUT2D eigenvalue weighted by atomic mass is 35.5. The number of carboxylic acids is 1. The first-order chi connectivity index (χ1) is 19.3. The summed E-state index contributed by atoms with van der Waals surface area (Å²) in [6, 6.07) is 11.8. The van der Waals surface area contributed by atoms with E-state index >= 15 is 0 Å². The second-order valence-corrected chi connectivity index (χ2v) is 9.68. The van der Waals surface area contributed by atoms with Gasteiger partial charge in [-0.1, -0.05) is 29.3 Å². The summed E-state index contributed by atoms with van der Waals surface area (Å²) in [7, 11) is 0. The first-order valence-corrected chi connectivity index (χ1v) is 12.7.